The summed E-state index contributed by atoms with van der Waals surface area (Å²) >= 11 is 0. The Bertz CT molecular complexity index is 883. The molecule has 8 nitrogen and oxygen atoms in total. The summed E-state index contributed by atoms with van der Waals surface area (Å²) in [5, 5.41) is 0. The van der Waals surface area contributed by atoms with E-state index in [2.05, 4.69) is 9.97 Å². The number of hydrogen-bond donors (Lipinski definition) is 0. The molecule has 0 spiro atoms. The average Bonchev–Trinajstić information content (AvgIpc) is 3.00. The molecule has 0 radical (unpaired) electrons. The van der Waals surface area contributed by atoms with Crippen LogP contribution in [0.25, 0.3) is 0 Å². The minimum Gasteiger partial charge on any atom is -0.471 e. The van der Waals surface area contributed by atoms with Crippen LogP contribution in [0.15, 0.2) is 42.9 Å². The molecule has 2 aliphatic rings. The molecule has 2 aromatic rings. The molecule has 29 heavy (non-hydrogen) atoms. The van der Waals surface area contributed by atoms with Crippen molar-refractivity contribution in [1.29, 1.82) is 0 Å². The lowest BCUT2D eigenvalue weighted by molar-refractivity contribution is -0.134. The topological polar surface area (TPSA) is 92.7 Å². The minimum atomic E-state index is -0.284. The van der Waals surface area contributed by atoms with Gasteiger partial charge in [0.05, 0.1) is 23.9 Å². The van der Waals surface area contributed by atoms with Crippen molar-refractivity contribution >= 4 is 17.7 Å². The van der Waals surface area contributed by atoms with E-state index in [1.54, 1.807) is 47.8 Å². The Balaban J connectivity index is 1.27. The first-order valence-electron chi connectivity index (χ1n) is 9.79. The molecule has 0 N–H and O–H groups in total. The SMILES string of the molecule is O=C(CCCN1C(=O)c2ccccc2C1=O)N1CCCC(Oc2cnccn2)C1. The predicted octanol–water partition coefficient (Wildman–Crippen LogP) is 1.92. The highest BCUT2D eigenvalue weighted by atomic mass is 16.5. The number of aromatic nitrogens is 2. The fourth-order valence-electron chi connectivity index (χ4n) is 3.77. The standard InChI is InChI=1S/C21H22N4O4/c26-19(24-11-3-5-15(14-24)29-18-13-22-9-10-23-18)8-4-12-25-20(27)16-6-1-2-7-17(16)21(25)28/h1-2,6-7,9-10,13,15H,3-5,8,11-12,14H2. The second-order valence-corrected chi connectivity index (χ2v) is 7.18. The van der Waals surface area contributed by atoms with E-state index in [4.69, 9.17) is 4.74 Å². The van der Waals surface area contributed by atoms with Crippen molar-refractivity contribution in [2.45, 2.75) is 31.8 Å². The van der Waals surface area contributed by atoms with Crippen LogP contribution in [0.1, 0.15) is 46.4 Å². The van der Waals surface area contributed by atoms with Gasteiger partial charge in [0, 0.05) is 31.9 Å². The largest absolute Gasteiger partial charge is 0.471 e. The molecular formula is C21H22N4O4. The van der Waals surface area contributed by atoms with E-state index in [1.165, 1.54) is 4.90 Å². The third-order valence-corrected chi connectivity index (χ3v) is 5.21. The van der Waals surface area contributed by atoms with Crippen molar-refractivity contribution in [2.24, 2.45) is 0 Å². The number of ether oxygens (including phenoxy) is 1. The van der Waals surface area contributed by atoms with Crippen LogP contribution in [-0.2, 0) is 4.79 Å². The van der Waals surface area contributed by atoms with Crippen LogP contribution in [-0.4, -0.2) is 63.2 Å². The minimum absolute atomic E-state index is 0.00838. The van der Waals surface area contributed by atoms with E-state index in [1.807, 2.05) is 0 Å². The van der Waals surface area contributed by atoms with Gasteiger partial charge in [0.2, 0.25) is 11.8 Å². The summed E-state index contributed by atoms with van der Waals surface area (Å²) < 4.78 is 5.82. The first-order valence-corrected chi connectivity index (χ1v) is 9.79. The van der Waals surface area contributed by atoms with Crippen molar-refractivity contribution in [2.75, 3.05) is 19.6 Å². The molecular weight excluding hydrogens is 372 g/mol. The van der Waals surface area contributed by atoms with Crippen molar-refractivity contribution in [1.82, 2.24) is 19.8 Å². The number of amides is 3. The summed E-state index contributed by atoms with van der Waals surface area (Å²) in [6.07, 6.45) is 7.04. The van der Waals surface area contributed by atoms with Gasteiger partial charge in [-0.1, -0.05) is 12.1 Å². The van der Waals surface area contributed by atoms with E-state index in [9.17, 15) is 14.4 Å². The number of carbonyl (C=O) groups is 3. The molecule has 0 saturated carbocycles. The average molecular weight is 394 g/mol. The molecule has 4 rings (SSSR count). The zero-order valence-corrected chi connectivity index (χ0v) is 16.0. The fourth-order valence-corrected chi connectivity index (χ4v) is 3.77. The Morgan fingerprint density at radius 2 is 1.90 bits per heavy atom. The maximum absolute atomic E-state index is 12.6. The van der Waals surface area contributed by atoms with Gasteiger partial charge in [0.15, 0.2) is 0 Å². The highest BCUT2D eigenvalue weighted by Gasteiger charge is 2.34. The fraction of sp³-hybridized carbons (Fsp3) is 0.381. The third-order valence-electron chi connectivity index (χ3n) is 5.21. The number of hydrogen-bond acceptors (Lipinski definition) is 6. The normalized spacial score (nSPS) is 18.7. The van der Waals surface area contributed by atoms with Crippen molar-refractivity contribution in [3.63, 3.8) is 0 Å². The van der Waals surface area contributed by atoms with E-state index < -0.39 is 0 Å². The summed E-state index contributed by atoms with van der Waals surface area (Å²) in [5.41, 5.74) is 0.868. The van der Waals surface area contributed by atoms with Crippen LogP contribution in [0.5, 0.6) is 5.88 Å². The van der Waals surface area contributed by atoms with Crippen molar-refractivity contribution < 1.29 is 19.1 Å². The van der Waals surface area contributed by atoms with Crippen LogP contribution in [0, 0.1) is 0 Å². The maximum Gasteiger partial charge on any atom is 0.261 e. The van der Waals surface area contributed by atoms with Crippen LogP contribution in [0.3, 0.4) is 0 Å². The van der Waals surface area contributed by atoms with Gasteiger partial charge >= 0.3 is 0 Å². The van der Waals surface area contributed by atoms with Crippen LogP contribution < -0.4 is 4.74 Å². The van der Waals surface area contributed by atoms with Gasteiger partial charge in [0.1, 0.15) is 6.10 Å². The Hall–Kier alpha value is -3.29. The molecule has 0 bridgehead atoms. The summed E-state index contributed by atoms with van der Waals surface area (Å²) in [6.45, 7) is 1.43. The Labute approximate surface area is 168 Å². The number of nitrogens with zero attached hydrogens (tertiary/aromatic N) is 4. The van der Waals surface area contributed by atoms with Gasteiger partial charge in [-0.2, -0.15) is 0 Å². The van der Waals surface area contributed by atoms with Gasteiger partial charge in [0.25, 0.3) is 11.8 Å². The highest BCUT2D eigenvalue weighted by molar-refractivity contribution is 6.21. The molecule has 3 amide bonds. The second kappa shape index (κ2) is 8.38. The zero-order valence-electron chi connectivity index (χ0n) is 16.0. The van der Waals surface area contributed by atoms with Gasteiger partial charge in [-0.3, -0.25) is 24.3 Å². The van der Waals surface area contributed by atoms with Crippen molar-refractivity contribution in [3.05, 3.63) is 54.0 Å². The molecule has 8 heteroatoms. The van der Waals surface area contributed by atoms with Gasteiger partial charge in [-0.25, -0.2) is 4.98 Å². The highest BCUT2D eigenvalue weighted by Crippen LogP contribution is 2.23. The van der Waals surface area contributed by atoms with E-state index in [-0.39, 0.29) is 36.8 Å². The Morgan fingerprint density at radius 3 is 2.59 bits per heavy atom. The van der Waals surface area contributed by atoms with E-state index in [0.29, 0.717) is 36.5 Å². The number of fused-ring (bicyclic) bond motifs is 1. The van der Waals surface area contributed by atoms with Crippen molar-refractivity contribution in [3.8, 4) is 5.88 Å². The third kappa shape index (κ3) is 4.11. The molecule has 1 aromatic heterocycles. The van der Waals surface area contributed by atoms with E-state index in [0.717, 1.165) is 12.8 Å². The van der Waals surface area contributed by atoms with Gasteiger partial charge in [-0.15, -0.1) is 0 Å². The molecule has 1 fully saturated rings. The smallest absolute Gasteiger partial charge is 0.261 e. The summed E-state index contributed by atoms with van der Waals surface area (Å²) in [6, 6.07) is 6.80. The lowest BCUT2D eigenvalue weighted by Gasteiger charge is -2.32. The number of piperidine rings is 1. The number of benzene rings is 1. The predicted molar refractivity (Wildman–Crippen MR) is 103 cm³/mol. The molecule has 3 heterocycles. The number of likely N-dealkylation sites (tertiary alicyclic amines) is 1. The first-order chi connectivity index (χ1) is 14.1. The molecule has 1 saturated heterocycles. The lowest BCUT2D eigenvalue weighted by Crippen LogP contribution is -2.44. The van der Waals surface area contributed by atoms with E-state index >= 15 is 0 Å². The first kappa shape index (κ1) is 19.0. The van der Waals surface area contributed by atoms with Crippen LogP contribution in [0.4, 0.5) is 0 Å². The van der Waals surface area contributed by atoms with Crippen LogP contribution in [0.2, 0.25) is 0 Å². The molecule has 1 aromatic carbocycles. The number of rotatable bonds is 6. The molecule has 0 aliphatic carbocycles. The van der Waals surface area contributed by atoms with Crippen LogP contribution >= 0.6 is 0 Å². The summed E-state index contributed by atoms with van der Waals surface area (Å²) in [7, 11) is 0. The zero-order chi connectivity index (χ0) is 20.2. The second-order valence-electron chi connectivity index (χ2n) is 7.18. The summed E-state index contributed by atoms with van der Waals surface area (Å²) in [5.74, 6) is -0.103. The Morgan fingerprint density at radius 1 is 1.14 bits per heavy atom. The monoisotopic (exact) mass is 394 g/mol. The maximum atomic E-state index is 12.6. The molecule has 1 atom stereocenters. The molecule has 1 unspecified atom stereocenters. The van der Waals surface area contributed by atoms with Gasteiger partial charge < -0.3 is 9.64 Å². The van der Waals surface area contributed by atoms with Gasteiger partial charge in [-0.05, 0) is 31.4 Å². The quantitative estimate of drug-likeness (QED) is 0.695. The number of carbonyl (C=O) groups excluding carboxylic acids is 3. The Kier molecular flexibility index (Phi) is 5.50. The molecule has 150 valence electrons. The lowest BCUT2D eigenvalue weighted by atomic mass is 10.1. The number of imide groups is 1. The molecule has 2 aliphatic heterocycles. The summed E-state index contributed by atoms with van der Waals surface area (Å²) in [4.78, 5) is 48.5.